The van der Waals surface area contributed by atoms with E-state index in [-0.39, 0.29) is 0 Å². The van der Waals surface area contributed by atoms with Crippen molar-refractivity contribution in [3.8, 4) is 0 Å². The average molecular weight is 290 g/mol. The van der Waals surface area contributed by atoms with E-state index in [0.717, 1.165) is 0 Å². The van der Waals surface area contributed by atoms with Crippen LogP contribution in [-0.2, 0) is 19.1 Å². The lowest BCUT2D eigenvalue weighted by Crippen LogP contribution is -2.42. The standard InChI is InChI=1S/C6H8O7.C6H10O/c7-3(8)1-6(13,5(11)12)2-4(9)10;1-3-5-7-6-4-2/h13H,1-2H2,(H,7,8)(H,9,10)(H,11,12);3-4H,1-2,5-6H2. The number of rotatable bonds is 9. The molecule has 0 heterocycles. The summed E-state index contributed by atoms with van der Waals surface area (Å²) in [6.07, 6.45) is 1.14. The predicted octanol–water partition coefficient (Wildman–Crippen LogP) is 0.126. The fourth-order valence-corrected chi connectivity index (χ4v) is 0.949. The Balaban J connectivity index is 0. The van der Waals surface area contributed by atoms with Crippen LogP contribution in [0.25, 0.3) is 0 Å². The highest BCUT2D eigenvalue weighted by Gasteiger charge is 2.40. The minimum absolute atomic E-state index is 0.617. The third-order valence-corrected chi connectivity index (χ3v) is 1.76. The summed E-state index contributed by atoms with van der Waals surface area (Å²) in [6.45, 7) is 8.18. The number of carboxylic acids is 3. The second kappa shape index (κ2) is 10.7. The van der Waals surface area contributed by atoms with E-state index in [1.165, 1.54) is 0 Å². The average Bonchev–Trinajstić information content (AvgIpc) is 2.28. The van der Waals surface area contributed by atoms with Crippen LogP contribution in [0.3, 0.4) is 0 Å². The van der Waals surface area contributed by atoms with Gasteiger partial charge in [0.1, 0.15) is 0 Å². The highest BCUT2D eigenvalue weighted by Crippen LogP contribution is 2.15. The smallest absolute Gasteiger partial charge is 0.336 e. The summed E-state index contributed by atoms with van der Waals surface area (Å²) in [7, 11) is 0. The maximum absolute atomic E-state index is 10.3. The van der Waals surface area contributed by atoms with Gasteiger partial charge in [0.15, 0.2) is 5.60 Å². The van der Waals surface area contributed by atoms with Crippen LogP contribution in [0, 0.1) is 0 Å². The molecule has 20 heavy (non-hydrogen) atoms. The van der Waals surface area contributed by atoms with Gasteiger partial charge in [-0.25, -0.2) is 4.79 Å². The molecule has 0 aliphatic carbocycles. The zero-order valence-electron chi connectivity index (χ0n) is 10.8. The molecule has 0 aromatic heterocycles. The first kappa shape index (κ1) is 20.1. The zero-order chi connectivity index (χ0) is 16.2. The molecule has 0 fully saturated rings. The maximum atomic E-state index is 10.3. The molecule has 0 rings (SSSR count). The van der Waals surface area contributed by atoms with E-state index in [0.29, 0.717) is 13.2 Å². The lowest BCUT2D eigenvalue weighted by Gasteiger charge is -2.18. The number of aliphatic hydroxyl groups is 1. The molecule has 0 bridgehead atoms. The SMILES string of the molecule is C=CCOCC=C.O=C(O)CC(O)(CC(=O)O)C(=O)O. The molecule has 0 aliphatic rings. The van der Waals surface area contributed by atoms with Crippen LogP contribution in [0.2, 0.25) is 0 Å². The van der Waals surface area contributed by atoms with Crippen molar-refractivity contribution in [1.82, 2.24) is 0 Å². The Bertz CT molecular complexity index is 336. The minimum Gasteiger partial charge on any atom is -0.481 e. The highest BCUT2D eigenvalue weighted by atomic mass is 16.5. The third kappa shape index (κ3) is 10.9. The molecular weight excluding hydrogens is 272 g/mol. The van der Waals surface area contributed by atoms with Gasteiger partial charge in [-0.1, -0.05) is 12.2 Å². The summed E-state index contributed by atoms with van der Waals surface area (Å²) < 4.78 is 4.90. The number of carboxylic acid groups (broad SMARTS) is 3. The molecule has 0 unspecified atom stereocenters. The molecule has 0 saturated carbocycles. The zero-order valence-corrected chi connectivity index (χ0v) is 10.8. The molecule has 0 atom stereocenters. The van der Waals surface area contributed by atoms with Gasteiger partial charge in [0.05, 0.1) is 26.1 Å². The van der Waals surface area contributed by atoms with Crippen molar-refractivity contribution in [3.05, 3.63) is 25.3 Å². The molecule has 8 heteroatoms. The van der Waals surface area contributed by atoms with Crippen LogP contribution in [0.4, 0.5) is 0 Å². The van der Waals surface area contributed by atoms with Gasteiger partial charge in [0, 0.05) is 0 Å². The second-order valence-corrected chi connectivity index (χ2v) is 3.59. The quantitative estimate of drug-likeness (QED) is 0.346. The maximum Gasteiger partial charge on any atom is 0.336 e. The predicted molar refractivity (Wildman–Crippen MR) is 68.3 cm³/mol. The molecule has 0 amide bonds. The largest absolute Gasteiger partial charge is 0.481 e. The molecule has 4 N–H and O–H groups in total. The number of aliphatic carboxylic acids is 3. The fraction of sp³-hybridized carbons (Fsp3) is 0.417. The number of hydrogen-bond donors (Lipinski definition) is 4. The second-order valence-electron chi connectivity index (χ2n) is 3.59. The van der Waals surface area contributed by atoms with E-state index < -0.39 is 36.4 Å². The molecule has 0 aromatic rings. The summed E-state index contributed by atoms with van der Waals surface area (Å²) >= 11 is 0. The molecule has 8 nitrogen and oxygen atoms in total. The molecule has 0 aliphatic heterocycles. The van der Waals surface area contributed by atoms with Crippen molar-refractivity contribution in [2.75, 3.05) is 13.2 Å². The van der Waals surface area contributed by atoms with Crippen LogP contribution in [0.15, 0.2) is 25.3 Å². The fourth-order valence-electron chi connectivity index (χ4n) is 0.949. The monoisotopic (exact) mass is 290 g/mol. The van der Waals surface area contributed by atoms with Gasteiger partial charge < -0.3 is 25.2 Å². The van der Waals surface area contributed by atoms with Crippen molar-refractivity contribution in [3.63, 3.8) is 0 Å². The van der Waals surface area contributed by atoms with E-state index >= 15 is 0 Å². The van der Waals surface area contributed by atoms with E-state index in [9.17, 15) is 14.4 Å². The number of carbonyl (C=O) groups is 3. The van der Waals surface area contributed by atoms with Crippen LogP contribution >= 0.6 is 0 Å². The first-order chi connectivity index (χ1) is 9.19. The highest BCUT2D eigenvalue weighted by molar-refractivity contribution is 5.88. The Morgan fingerprint density at radius 2 is 1.30 bits per heavy atom. The van der Waals surface area contributed by atoms with E-state index in [1.807, 2.05) is 0 Å². The summed E-state index contributed by atoms with van der Waals surface area (Å²) in [5.41, 5.74) is -2.74. The van der Waals surface area contributed by atoms with E-state index in [1.54, 1.807) is 12.2 Å². The topological polar surface area (TPSA) is 141 Å². The summed E-state index contributed by atoms with van der Waals surface area (Å²) in [5.74, 6) is -5.02. The summed E-state index contributed by atoms with van der Waals surface area (Å²) in [5, 5.41) is 33.8. The van der Waals surface area contributed by atoms with Crippen molar-refractivity contribution >= 4 is 17.9 Å². The van der Waals surface area contributed by atoms with Crippen molar-refractivity contribution in [2.45, 2.75) is 18.4 Å². The molecule has 0 radical (unpaired) electrons. The van der Waals surface area contributed by atoms with Crippen LogP contribution < -0.4 is 0 Å². The Labute approximate surface area is 115 Å². The van der Waals surface area contributed by atoms with Crippen LogP contribution in [0.5, 0.6) is 0 Å². The van der Waals surface area contributed by atoms with Gasteiger partial charge in [-0.05, 0) is 0 Å². The minimum atomic E-state index is -2.74. The Morgan fingerprint density at radius 3 is 1.50 bits per heavy atom. The molecular formula is C12H18O8. The first-order valence-electron chi connectivity index (χ1n) is 5.38. The van der Waals surface area contributed by atoms with Gasteiger partial charge in [0.2, 0.25) is 0 Å². The summed E-state index contributed by atoms with van der Waals surface area (Å²) in [6, 6.07) is 0. The Morgan fingerprint density at radius 1 is 0.950 bits per heavy atom. The molecule has 0 saturated heterocycles. The summed E-state index contributed by atoms with van der Waals surface area (Å²) in [4.78, 5) is 30.5. The Kier molecular flexibility index (Phi) is 10.8. The van der Waals surface area contributed by atoms with Gasteiger partial charge in [-0.15, -0.1) is 13.2 Å². The van der Waals surface area contributed by atoms with E-state index in [2.05, 4.69) is 13.2 Å². The van der Waals surface area contributed by atoms with Crippen molar-refractivity contribution < 1.29 is 39.5 Å². The van der Waals surface area contributed by atoms with Gasteiger partial charge in [0.25, 0.3) is 0 Å². The molecule has 0 spiro atoms. The third-order valence-electron chi connectivity index (χ3n) is 1.76. The van der Waals surface area contributed by atoms with Gasteiger partial charge in [-0.2, -0.15) is 0 Å². The van der Waals surface area contributed by atoms with Crippen LogP contribution in [0.1, 0.15) is 12.8 Å². The van der Waals surface area contributed by atoms with Gasteiger partial charge >= 0.3 is 17.9 Å². The Hall–Kier alpha value is -2.19. The molecule has 0 aromatic carbocycles. The first-order valence-corrected chi connectivity index (χ1v) is 5.38. The van der Waals surface area contributed by atoms with E-state index in [4.69, 9.17) is 25.2 Å². The molecule has 114 valence electrons. The lowest BCUT2D eigenvalue weighted by atomic mass is 9.96. The van der Waals surface area contributed by atoms with Gasteiger partial charge in [-0.3, -0.25) is 9.59 Å². The van der Waals surface area contributed by atoms with Crippen molar-refractivity contribution in [1.29, 1.82) is 0 Å². The van der Waals surface area contributed by atoms with Crippen LogP contribution in [-0.4, -0.2) is 57.1 Å². The lowest BCUT2D eigenvalue weighted by molar-refractivity contribution is -0.170. The number of hydrogen-bond acceptors (Lipinski definition) is 5. The normalized spacial score (nSPS) is 9.85. The number of ether oxygens (including phenoxy) is 1. The van der Waals surface area contributed by atoms with Crippen molar-refractivity contribution in [2.24, 2.45) is 0 Å².